The quantitative estimate of drug-likeness (QED) is 0.445. The molecule has 4 rings (SSSR count). The van der Waals surface area contributed by atoms with Crippen molar-refractivity contribution < 1.29 is 9.84 Å². The van der Waals surface area contributed by atoms with Crippen LogP contribution in [0, 0.1) is 46.3 Å². The molecule has 5 unspecified atom stereocenters. The van der Waals surface area contributed by atoms with Gasteiger partial charge in [0.15, 0.2) is 0 Å². The van der Waals surface area contributed by atoms with Crippen molar-refractivity contribution in [2.75, 3.05) is 7.11 Å². The van der Waals surface area contributed by atoms with E-state index in [1.165, 1.54) is 51.4 Å². The number of ether oxygens (including phenoxy) is 1. The van der Waals surface area contributed by atoms with E-state index in [1.807, 2.05) is 7.11 Å². The number of aliphatic hydroxyl groups is 1. The van der Waals surface area contributed by atoms with Gasteiger partial charge >= 0.3 is 0 Å². The Labute approximate surface area is 192 Å². The molecule has 31 heavy (non-hydrogen) atoms. The number of allylic oxidation sites excluding steroid dienone is 2. The first kappa shape index (κ1) is 23.8. The topological polar surface area (TPSA) is 29.5 Å². The summed E-state index contributed by atoms with van der Waals surface area (Å²) in [6.45, 7) is 14.4. The van der Waals surface area contributed by atoms with Crippen molar-refractivity contribution in [3.8, 4) is 0 Å². The minimum absolute atomic E-state index is 0.300. The number of aliphatic hydroxyl groups excluding tert-OH is 1. The zero-order valence-corrected chi connectivity index (χ0v) is 21.5. The maximum Gasteiger partial charge on any atom is 0.0941 e. The highest BCUT2D eigenvalue weighted by molar-refractivity contribution is 5.25. The molecule has 9 atom stereocenters. The Bertz CT molecular complexity index is 682. The molecule has 0 aromatic heterocycles. The molecule has 0 bridgehead atoms. The lowest BCUT2D eigenvalue weighted by Gasteiger charge is -2.59. The summed E-state index contributed by atoms with van der Waals surface area (Å²) >= 11 is 0. The van der Waals surface area contributed by atoms with E-state index in [0.29, 0.717) is 22.7 Å². The maximum absolute atomic E-state index is 11.3. The van der Waals surface area contributed by atoms with E-state index < -0.39 is 5.60 Å². The van der Waals surface area contributed by atoms with Crippen molar-refractivity contribution in [3.05, 3.63) is 11.6 Å². The van der Waals surface area contributed by atoms with E-state index in [1.54, 1.807) is 5.57 Å². The molecule has 0 heterocycles. The van der Waals surface area contributed by atoms with Gasteiger partial charge in [0.2, 0.25) is 0 Å². The highest BCUT2D eigenvalue weighted by Gasteiger charge is 2.62. The summed E-state index contributed by atoms with van der Waals surface area (Å²) in [6, 6.07) is 0. The van der Waals surface area contributed by atoms with Gasteiger partial charge in [-0.2, -0.15) is 0 Å². The highest BCUT2D eigenvalue weighted by Crippen LogP contribution is 2.68. The van der Waals surface area contributed by atoms with Crippen molar-refractivity contribution in [1.82, 2.24) is 0 Å². The van der Waals surface area contributed by atoms with Crippen LogP contribution in [-0.4, -0.2) is 23.9 Å². The Morgan fingerprint density at radius 2 is 1.84 bits per heavy atom. The first-order valence-electron chi connectivity index (χ1n) is 13.5. The maximum atomic E-state index is 11.3. The van der Waals surface area contributed by atoms with Crippen molar-refractivity contribution in [3.63, 3.8) is 0 Å². The van der Waals surface area contributed by atoms with Gasteiger partial charge in [-0.05, 0) is 117 Å². The molecule has 178 valence electrons. The third-order valence-electron chi connectivity index (χ3n) is 11.2. The lowest BCUT2D eigenvalue weighted by molar-refractivity contribution is -0.168. The monoisotopic (exact) mass is 430 g/mol. The van der Waals surface area contributed by atoms with Gasteiger partial charge in [-0.3, -0.25) is 0 Å². The molecule has 0 radical (unpaired) electrons. The van der Waals surface area contributed by atoms with Crippen LogP contribution in [0.1, 0.15) is 106 Å². The van der Waals surface area contributed by atoms with E-state index >= 15 is 0 Å². The molecule has 0 aromatic rings. The van der Waals surface area contributed by atoms with Crippen LogP contribution >= 0.6 is 0 Å². The van der Waals surface area contributed by atoms with Crippen LogP contribution < -0.4 is 0 Å². The fourth-order valence-corrected chi connectivity index (χ4v) is 9.07. The molecule has 1 N–H and O–H groups in total. The normalized spacial score (nSPS) is 45.3. The molecule has 0 saturated heterocycles. The van der Waals surface area contributed by atoms with Gasteiger partial charge in [0.05, 0.1) is 11.7 Å². The highest BCUT2D eigenvalue weighted by atomic mass is 16.5. The Balaban J connectivity index is 1.58. The predicted molar refractivity (Wildman–Crippen MR) is 130 cm³/mol. The second-order valence-electron chi connectivity index (χ2n) is 13.2. The van der Waals surface area contributed by atoms with Crippen molar-refractivity contribution in [2.24, 2.45) is 46.3 Å². The standard InChI is InChI=1S/C29H50O2/c1-19(2)8-13-26(30)29(6,31-7)25-12-11-23-22-10-9-21-18-20(3)14-16-27(21,4)24(22)15-17-28(23,25)5/h9,19-20,22-26,30H,8,10-18H2,1-7H3/t20?,22?,23?,24?,25?,26-,27-,28-,29-/m1/s1. The summed E-state index contributed by atoms with van der Waals surface area (Å²) in [4.78, 5) is 0. The van der Waals surface area contributed by atoms with Gasteiger partial charge in [0, 0.05) is 7.11 Å². The van der Waals surface area contributed by atoms with Gasteiger partial charge in [-0.1, -0.05) is 46.3 Å². The molecule has 0 amide bonds. The van der Waals surface area contributed by atoms with Crippen LogP contribution in [0.15, 0.2) is 11.6 Å². The Morgan fingerprint density at radius 3 is 2.52 bits per heavy atom. The molecule has 2 nitrogen and oxygen atoms in total. The molecular formula is C29H50O2. The third kappa shape index (κ3) is 3.76. The summed E-state index contributed by atoms with van der Waals surface area (Å²) in [7, 11) is 1.85. The van der Waals surface area contributed by atoms with E-state index in [2.05, 4.69) is 47.6 Å². The van der Waals surface area contributed by atoms with Crippen LogP contribution in [0.3, 0.4) is 0 Å². The summed E-state index contributed by atoms with van der Waals surface area (Å²) in [5.74, 6) is 4.45. The molecule has 3 fully saturated rings. The SMILES string of the molecule is CO[C@](C)(C1CCC2C3CC=C4CC(C)CC[C@@]4(C)C3CC[C@]21C)[C@H](O)CCC(C)C. The minimum atomic E-state index is -0.426. The average Bonchev–Trinajstić information content (AvgIpc) is 3.09. The summed E-state index contributed by atoms with van der Waals surface area (Å²) < 4.78 is 6.22. The van der Waals surface area contributed by atoms with Gasteiger partial charge in [-0.15, -0.1) is 0 Å². The Morgan fingerprint density at radius 1 is 1.10 bits per heavy atom. The zero-order valence-electron chi connectivity index (χ0n) is 21.5. The number of rotatable bonds is 6. The molecule has 0 aromatic carbocycles. The second-order valence-corrected chi connectivity index (χ2v) is 13.2. The first-order chi connectivity index (χ1) is 14.6. The van der Waals surface area contributed by atoms with Crippen molar-refractivity contribution in [2.45, 2.75) is 117 Å². The number of hydrogen-bond acceptors (Lipinski definition) is 2. The van der Waals surface area contributed by atoms with Gasteiger partial charge in [0.1, 0.15) is 0 Å². The van der Waals surface area contributed by atoms with Gasteiger partial charge in [0.25, 0.3) is 0 Å². The van der Waals surface area contributed by atoms with Crippen molar-refractivity contribution in [1.29, 1.82) is 0 Å². The van der Waals surface area contributed by atoms with Crippen LogP contribution in [0.25, 0.3) is 0 Å². The van der Waals surface area contributed by atoms with Crippen molar-refractivity contribution >= 4 is 0 Å². The molecule has 0 aliphatic heterocycles. The van der Waals surface area contributed by atoms with Crippen LogP contribution in [-0.2, 0) is 4.74 Å². The fraction of sp³-hybridized carbons (Fsp3) is 0.931. The van der Waals surface area contributed by atoms with E-state index in [-0.39, 0.29) is 6.10 Å². The van der Waals surface area contributed by atoms with Gasteiger partial charge in [-0.25, -0.2) is 0 Å². The van der Waals surface area contributed by atoms with Crippen LogP contribution in [0.2, 0.25) is 0 Å². The molecule has 0 spiro atoms. The van der Waals surface area contributed by atoms with Crippen LogP contribution in [0.4, 0.5) is 0 Å². The zero-order chi connectivity index (χ0) is 22.6. The largest absolute Gasteiger partial charge is 0.390 e. The minimum Gasteiger partial charge on any atom is -0.390 e. The fourth-order valence-electron chi connectivity index (χ4n) is 9.07. The Kier molecular flexibility index (Phi) is 6.50. The number of hydrogen-bond donors (Lipinski definition) is 1. The molecule has 2 heteroatoms. The average molecular weight is 431 g/mol. The van der Waals surface area contributed by atoms with Gasteiger partial charge < -0.3 is 9.84 Å². The summed E-state index contributed by atoms with van der Waals surface area (Å²) in [5, 5.41) is 11.3. The van der Waals surface area contributed by atoms with E-state index in [0.717, 1.165) is 36.5 Å². The molecule has 3 saturated carbocycles. The van der Waals surface area contributed by atoms with Crippen LogP contribution in [0.5, 0.6) is 0 Å². The van der Waals surface area contributed by atoms with E-state index in [4.69, 9.17) is 4.74 Å². The molecular weight excluding hydrogens is 380 g/mol. The lowest BCUT2D eigenvalue weighted by atomic mass is 9.46. The predicted octanol–water partition coefficient (Wildman–Crippen LogP) is 7.40. The first-order valence-corrected chi connectivity index (χ1v) is 13.5. The lowest BCUT2D eigenvalue weighted by Crippen LogP contribution is -2.56. The number of fused-ring (bicyclic) bond motifs is 5. The summed E-state index contributed by atoms with van der Waals surface area (Å²) in [5.41, 5.74) is 2.13. The molecule has 4 aliphatic rings. The second kappa shape index (κ2) is 8.46. The number of methoxy groups -OCH3 is 1. The van der Waals surface area contributed by atoms with E-state index in [9.17, 15) is 5.11 Å². The smallest absolute Gasteiger partial charge is 0.0941 e. The Hall–Kier alpha value is -0.340. The third-order valence-corrected chi connectivity index (χ3v) is 11.2. The summed E-state index contributed by atoms with van der Waals surface area (Å²) in [6.07, 6.45) is 14.9. The molecule has 4 aliphatic carbocycles.